The van der Waals surface area contributed by atoms with Gasteiger partial charge in [-0.3, -0.25) is 4.79 Å². The number of nitrogens with one attached hydrogen (secondary N) is 1. The van der Waals surface area contributed by atoms with Crippen molar-refractivity contribution in [3.8, 4) is 0 Å². The van der Waals surface area contributed by atoms with Crippen LogP contribution in [-0.4, -0.2) is 5.91 Å². The molecule has 108 valence electrons. The van der Waals surface area contributed by atoms with Gasteiger partial charge in [-0.05, 0) is 29.8 Å². The number of benzene rings is 2. The summed E-state index contributed by atoms with van der Waals surface area (Å²) in [5.74, 6) is 0.580. The van der Waals surface area contributed by atoms with E-state index in [1.165, 1.54) is 0 Å². The number of carbonyl (C=O) groups excluding carboxylic acids is 1. The normalized spacial score (nSPS) is 16.7. The molecule has 2 aromatic rings. The van der Waals surface area contributed by atoms with E-state index in [-0.39, 0.29) is 5.91 Å². The van der Waals surface area contributed by atoms with Crippen molar-refractivity contribution in [3.63, 3.8) is 0 Å². The Kier molecular flexibility index (Phi) is 4.13. The van der Waals surface area contributed by atoms with Crippen molar-refractivity contribution in [1.82, 2.24) is 0 Å². The summed E-state index contributed by atoms with van der Waals surface area (Å²) in [6, 6.07) is 10.7. The van der Waals surface area contributed by atoms with E-state index in [0.29, 0.717) is 5.02 Å². The van der Waals surface area contributed by atoms with Crippen molar-refractivity contribution in [3.05, 3.63) is 57.6 Å². The third-order valence-electron chi connectivity index (χ3n) is 3.29. The molecule has 1 amide bonds. The van der Waals surface area contributed by atoms with Crippen molar-refractivity contribution in [2.45, 2.75) is 16.7 Å². The van der Waals surface area contributed by atoms with Crippen molar-refractivity contribution in [1.29, 1.82) is 0 Å². The van der Waals surface area contributed by atoms with Crippen LogP contribution < -0.4 is 11.1 Å². The highest BCUT2D eigenvalue weighted by Crippen LogP contribution is 2.39. The molecule has 2 aromatic carbocycles. The number of carbonyl (C=O) groups is 1. The van der Waals surface area contributed by atoms with Gasteiger partial charge in [-0.1, -0.05) is 35.3 Å². The van der Waals surface area contributed by atoms with Gasteiger partial charge in [0.25, 0.3) is 0 Å². The Hall–Kier alpha value is -1.20. The maximum atomic E-state index is 11.6. The summed E-state index contributed by atoms with van der Waals surface area (Å²) in [4.78, 5) is 12.5. The second-order valence-corrected chi connectivity index (χ2v) is 6.61. The molecule has 21 heavy (non-hydrogen) atoms. The average molecular weight is 339 g/mol. The number of anilines is 1. The Balaban J connectivity index is 1.79. The van der Waals surface area contributed by atoms with Gasteiger partial charge in [-0.2, -0.15) is 0 Å². The maximum absolute atomic E-state index is 11.6. The van der Waals surface area contributed by atoms with Gasteiger partial charge < -0.3 is 11.1 Å². The smallest absolute Gasteiger partial charge is 0.245 e. The Morgan fingerprint density at radius 2 is 1.90 bits per heavy atom. The minimum Gasteiger partial charge on any atom is -0.324 e. The zero-order valence-corrected chi connectivity index (χ0v) is 13.2. The molecule has 1 heterocycles. The molecule has 0 saturated carbocycles. The highest BCUT2D eigenvalue weighted by atomic mass is 35.5. The van der Waals surface area contributed by atoms with Gasteiger partial charge in [0, 0.05) is 26.9 Å². The van der Waals surface area contributed by atoms with Crippen LogP contribution in [0, 0.1) is 0 Å². The molecule has 0 bridgehead atoms. The number of amides is 1. The van der Waals surface area contributed by atoms with Gasteiger partial charge in [0.05, 0.1) is 5.02 Å². The average Bonchev–Trinajstić information content (AvgIpc) is 2.73. The molecule has 0 radical (unpaired) electrons. The second kappa shape index (κ2) is 5.89. The first-order valence-corrected chi connectivity index (χ1v) is 8.06. The Bertz CT molecular complexity index is 704. The van der Waals surface area contributed by atoms with Crippen LogP contribution >= 0.6 is 35.0 Å². The van der Waals surface area contributed by atoms with E-state index in [1.54, 1.807) is 17.8 Å². The van der Waals surface area contributed by atoms with Gasteiger partial charge in [0.2, 0.25) is 5.91 Å². The molecule has 1 atom stereocenters. The minimum absolute atomic E-state index is 0.194. The molecule has 0 fully saturated rings. The summed E-state index contributed by atoms with van der Waals surface area (Å²) in [7, 11) is 0. The van der Waals surface area contributed by atoms with Crippen molar-refractivity contribution < 1.29 is 4.79 Å². The lowest BCUT2D eigenvalue weighted by Gasteiger charge is -2.08. The molecule has 0 aliphatic carbocycles. The van der Waals surface area contributed by atoms with Crippen LogP contribution in [-0.2, 0) is 10.5 Å². The Labute approximate surface area is 136 Å². The highest BCUT2D eigenvalue weighted by Gasteiger charge is 2.28. The van der Waals surface area contributed by atoms with Crippen LogP contribution in [0.1, 0.15) is 17.2 Å². The molecule has 1 aliphatic heterocycles. The summed E-state index contributed by atoms with van der Waals surface area (Å²) < 4.78 is 0. The van der Waals surface area contributed by atoms with Gasteiger partial charge in [0.1, 0.15) is 6.04 Å². The standard InChI is InChI=1S/C15H12Cl2N2OS/c16-9-3-1-8(2-4-9)7-21-13-6-12-10(5-11(13)17)14(18)15(20)19-12/h1-6,14H,7,18H2,(H,19,20). The Morgan fingerprint density at radius 1 is 1.19 bits per heavy atom. The lowest BCUT2D eigenvalue weighted by atomic mass is 10.1. The topological polar surface area (TPSA) is 55.1 Å². The number of halogens is 2. The second-order valence-electron chi connectivity index (χ2n) is 4.75. The summed E-state index contributed by atoms with van der Waals surface area (Å²) in [5, 5.41) is 4.10. The van der Waals surface area contributed by atoms with Gasteiger partial charge in [-0.25, -0.2) is 0 Å². The van der Waals surface area contributed by atoms with Gasteiger partial charge in [-0.15, -0.1) is 11.8 Å². The first-order valence-electron chi connectivity index (χ1n) is 6.32. The molecule has 1 unspecified atom stereocenters. The highest BCUT2D eigenvalue weighted by molar-refractivity contribution is 7.98. The van der Waals surface area contributed by atoms with E-state index in [0.717, 1.165) is 32.5 Å². The molecule has 3 rings (SSSR count). The quantitative estimate of drug-likeness (QED) is 0.823. The van der Waals surface area contributed by atoms with E-state index in [9.17, 15) is 4.79 Å². The Morgan fingerprint density at radius 3 is 2.62 bits per heavy atom. The lowest BCUT2D eigenvalue weighted by molar-refractivity contribution is -0.116. The number of hydrogen-bond acceptors (Lipinski definition) is 3. The van der Waals surface area contributed by atoms with E-state index in [1.807, 2.05) is 30.3 Å². The summed E-state index contributed by atoms with van der Waals surface area (Å²) in [5.41, 5.74) is 8.45. The fraction of sp³-hybridized carbons (Fsp3) is 0.133. The first kappa shape index (κ1) is 14.7. The first-order chi connectivity index (χ1) is 10.0. The predicted octanol–water partition coefficient (Wildman–Crippen LogP) is 4.24. The minimum atomic E-state index is -0.632. The molecular weight excluding hydrogens is 327 g/mol. The molecule has 3 nitrogen and oxygen atoms in total. The molecule has 1 aliphatic rings. The van der Waals surface area contributed by atoms with E-state index in [2.05, 4.69) is 5.32 Å². The molecule has 0 saturated heterocycles. The number of hydrogen-bond donors (Lipinski definition) is 2. The summed E-state index contributed by atoms with van der Waals surface area (Å²) in [6.45, 7) is 0. The van der Waals surface area contributed by atoms with Crippen LogP contribution in [0.3, 0.4) is 0 Å². The number of rotatable bonds is 3. The number of thioether (sulfide) groups is 1. The molecular formula is C15H12Cl2N2OS. The van der Waals surface area contributed by atoms with Crippen LogP contribution in [0.4, 0.5) is 5.69 Å². The fourth-order valence-corrected chi connectivity index (χ4v) is 3.51. The third kappa shape index (κ3) is 3.04. The predicted molar refractivity (Wildman–Crippen MR) is 88.0 cm³/mol. The molecule has 0 aromatic heterocycles. The zero-order valence-electron chi connectivity index (χ0n) is 10.9. The van der Waals surface area contributed by atoms with Crippen LogP contribution in [0.2, 0.25) is 10.0 Å². The van der Waals surface area contributed by atoms with E-state index < -0.39 is 6.04 Å². The van der Waals surface area contributed by atoms with Crippen LogP contribution in [0.25, 0.3) is 0 Å². The van der Waals surface area contributed by atoms with Gasteiger partial charge in [0.15, 0.2) is 0 Å². The maximum Gasteiger partial charge on any atom is 0.245 e. The van der Waals surface area contributed by atoms with E-state index in [4.69, 9.17) is 28.9 Å². The van der Waals surface area contributed by atoms with Crippen molar-refractivity contribution in [2.75, 3.05) is 5.32 Å². The summed E-state index contributed by atoms with van der Waals surface area (Å²) >= 11 is 13.7. The van der Waals surface area contributed by atoms with Crippen molar-refractivity contribution in [2.24, 2.45) is 5.73 Å². The zero-order chi connectivity index (χ0) is 15.0. The fourth-order valence-electron chi connectivity index (χ4n) is 2.14. The van der Waals surface area contributed by atoms with Gasteiger partial charge >= 0.3 is 0 Å². The lowest BCUT2D eigenvalue weighted by Crippen LogP contribution is -2.19. The SMILES string of the molecule is NC1C(=O)Nc2cc(SCc3ccc(Cl)cc3)c(Cl)cc21. The molecule has 0 spiro atoms. The number of nitrogens with two attached hydrogens (primary N) is 1. The molecule has 6 heteroatoms. The summed E-state index contributed by atoms with van der Waals surface area (Å²) in [6.07, 6.45) is 0. The number of fused-ring (bicyclic) bond motifs is 1. The van der Waals surface area contributed by atoms with E-state index >= 15 is 0 Å². The molecule has 3 N–H and O–H groups in total. The largest absolute Gasteiger partial charge is 0.324 e. The van der Waals surface area contributed by atoms with Crippen molar-refractivity contribution >= 4 is 46.6 Å². The van der Waals surface area contributed by atoms with Crippen LogP contribution in [0.15, 0.2) is 41.3 Å². The monoisotopic (exact) mass is 338 g/mol. The van der Waals surface area contributed by atoms with Crippen LogP contribution in [0.5, 0.6) is 0 Å². The third-order valence-corrected chi connectivity index (χ3v) is 5.09.